The summed E-state index contributed by atoms with van der Waals surface area (Å²) < 4.78 is 6.01. The van der Waals surface area contributed by atoms with Gasteiger partial charge >= 0.3 is 178 Å². The molecule has 4 aromatic carbocycles. The molecule has 0 N–H and O–H groups in total. The van der Waals surface area contributed by atoms with E-state index in [1.54, 1.807) is 0 Å². The van der Waals surface area contributed by atoms with Gasteiger partial charge in [0.05, 0.1) is 0 Å². The summed E-state index contributed by atoms with van der Waals surface area (Å²) in [6.45, 7) is 0. The average Bonchev–Trinajstić information content (AvgIpc) is 2.79. The van der Waals surface area contributed by atoms with Crippen LogP contribution < -0.4 is 17.4 Å². The van der Waals surface area contributed by atoms with E-state index in [1.165, 1.54) is 17.4 Å². The second-order valence-electron chi connectivity index (χ2n) is 6.62. The minimum absolute atomic E-state index is 1.50. The predicted octanol–water partition coefficient (Wildman–Crippen LogP) is 2.70. The van der Waals surface area contributed by atoms with Crippen LogP contribution in [0.15, 0.2) is 131 Å². The zero-order valence-corrected chi connectivity index (χ0v) is 19.9. The third-order valence-electron chi connectivity index (χ3n) is 4.76. The van der Waals surface area contributed by atoms with Crippen LogP contribution in [0.4, 0.5) is 0 Å². The molecule has 0 aliphatic carbocycles. The second-order valence-corrected chi connectivity index (χ2v) is 16.3. The van der Waals surface area contributed by atoms with Gasteiger partial charge in [0, 0.05) is 0 Å². The van der Waals surface area contributed by atoms with Gasteiger partial charge in [-0.1, -0.05) is 0 Å². The van der Waals surface area contributed by atoms with E-state index in [2.05, 4.69) is 131 Å². The summed E-state index contributed by atoms with van der Waals surface area (Å²) in [5, 5.41) is 0. The molecule has 0 amide bonds. The first-order valence-corrected chi connectivity index (χ1v) is 16.2. The molecule has 4 aromatic rings. The van der Waals surface area contributed by atoms with Crippen molar-refractivity contribution < 1.29 is 0 Å². The van der Waals surface area contributed by atoms with Crippen molar-refractivity contribution >= 4 is 46.7 Å². The molecular weight excluding hydrogens is 462 g/mol. The van der Waals surface area contributed by atoms with Crippen LogP contribution in [0.2, 0.25) is 0 Å². The van der Waals surface area contributed by atoms with Crippen LogP contribution in [0, 0.1) is 0 Å². The summed E-state index contributed by atoms with van der Waals surface area (Å²) in [4.78, 5) is 5.19. The molecule has 0 nitrogen and oxygen atoms in total. The Balaban J connectivity index is 1.75. The number of rotatable bonds is 6. The third kappa shape index (κ3) is 4.77. The van der Waals surface area contributed by atoms with Gasteiger partial charge in [-0.2, -0.15) is 0 Å². The molecule has 2 heteroatoms. The van der Waals surface area contributed by atoms with Crippen LogP contribution in [-0.4, -0.2) is 29.3 Å². The van der Waals surface area contributed by atoms with Crippen LogP contribution in [0.25, 0.3) is 0 Å². The van der Waals surface area contributed by atoms with Gasteiger partial charge in [-0.25, -0.2) is 0 Å². The molecule has 28 heavy (non-hydrogen) atoms. The fraction of sp³-hybridized carbons (Fsp3) is 0. The first-order valence-electron chi connectivity index (χ1n) is 9.55. The Hall–Kier alpha value is -2.26. The van der Waals surface area contributed by atoms with Gasteiger partial charge in [-0.05, 0) is 0 Å². The summed E-state index contributed by atoms with van der Waals surface area (Å²) >= 11 is -3.45. The summed E-state index contributed by atoms with van der Waals surface area (Å²) in [5.41, 5.74) is 0. The summed E-state index contributed by atoms with van der Waals surface area (Å²) in [6, 6.07) is 44.2. The van der Waals surface area contributed by atoms with Crippen LogP contribution >= 0.6 is 0 Å². The Labute approximate surface area is 177 Å². The van der Waals surface area contributed by atoms with E-state index < -0.39 is 29.3 Å². The molecule has 0 saturated heterocycles. The molecule has 2 radical (unpaired) electrons. The van der Waals surface area contributed by atoms with Crippen LogP contribution in [0.3, 0.4) is 0 Å². The van der Waals surface area contributed by atoms with Crippen molar-refractivity contribution in [3.63, 3.8) is 0 Å². The molecule has 0 unspecified atom stereocenters. The number of hydrogen-bond acceptors (Lipinski definition) is 0. The first kappa shape index (κ1) is 19.1. The maximum absolute atomic E-state index is 2.60. The minimum atomic E-state index is -1.73. The molecule has 0 aliphatic heterocycles. The first-order chi connectivity index (χ1) is 13.9. The SMILES string of the molecule is C(=C/[AsH](c1ccccc1)c1ccccc1)/[AsH](c1ccccc1)c1ccccc1. The second kappa shape index (κ2) is 9.79. The fourth-order valence-corrected chi connectivity index (χ4v) is 15.3. The van der Waals surface area contributed by atoms with Crippen molar-refractivity contribution in [2.75, 3.05) is 0 Å². The number of benzene rings is 4. The van der Waals surface area contributed by atoms with Gasteiger partial charge < -0.3 is 0 Å². The molecular formula is C26H24As2. The van der Waals surface area contributed by atoms with E-state index >= 15 is 0 Å². The van der Waals surface area contributed by atoms with E-state index in [0.717, 1.165) is 0 Å². The fourth-order valence-electron chi connectivity index (χ4n) is 3.36. The number of hydrogen-bond donors (Lipinski definition) is 0. The Morgan fingerprint density at radius 3 is 0.750 bits per heavy atom. The molecule has 0 bridgehead atoms. The standard InChI is InChI=1S/C26H24As2/c1-5-13-23(14-6-1)27(24-15-7-2-8-16-24)21-22-28(25-17-9-3-10-18-25)26-19-11-4-12-20-26/h1-22,27-28H/b22-21-. The van der Waals surface area contributed by atoms with Gasteiger partial charge in [-0.15, -0.1) is 0 Å². The predicted molar refractivity (Wildman–Crippen MR) is 128 cm³/mol. The van der Waals surface area contributed by atoms with Crippen molar-refractivity contribution in [1.82, 2.24) is 0 Å². The van der Waals surface area contributed by atoms with Crippen LogP contribution in [-0.2, 0) is 0 Å². The van der Waals surface area contributed by atoms with Crippen LogP contribution in [0.1, 0.15) is 0 Å². The molecule has 4 rings (SSSR count). The van der Waals surface area contributed by atoms with Crippen molar-refractivity contribution in [2.45, 2.75) is 0 Å². The molecule has 0 heterocycles. The third-order valence-corrected chi connectivity index (χ3v) is 16.3. The van der Waals surface area contributed by atoms with E-state index in [9.17, 15) is 0 Å². The Morgan fingerprint density at radius 2 is 0.536 bits per heavy atom. The van der Waals surface area contributed by atoms with Crippen molar-refractivity contribution in [2.24, 2.45) is 0 Å². The van der Waals surface area contributed by atoms with Gasteiger partial charge in [0.15, 0.2) is 0 Å². The van der Waals surface area contributed by atoms with Gasteiger partial charge in [0.2, 0.25) is 0 Å². The normalized spacial score (nSPS) is 11.4. The quantitative estimate of drug-likeness (QED) is 0.368. The Bertz CT molecular complexity index is 833. The van der Waals surface area contributed by atoms with Gasteiger partial charge in [-0.3, -0.25) is 0 Å². The zero-order chi connectivity index (χ0) is 19.0. The molecule has 0 aliphatic rings. The van der Waals surface area contributed by atoms with Crippen molar-refractivity contribution in [3.8, 4) is 0 Å². The van der Waals surface area contributed by atoms with E-state index in [-0.39, 0.29) is 0 Å². The van der Waals surface area contributed by atoms with E-state index in [1.807, 2.05) is 0 Å². The topological polar surface area (TPSA) is 0 Å². The Kier molecular flexibility index (Phi) is 6.67. The van der Waals surface area contributed by atoms with Crippen molar-refractivity contribution in [3.05, 3.63) is 131 Å². The Morgan fingerprint density at radius 1 is 0.321 bits per heavy atom. The molecule has 0 aromatic heterocycles. The maximum atomic E-state index is 2.60. The molecule has 0 spiro atoms. The monoisotopic (exact) mass is 486 g/mol. The molecule has 0 atom stereocenters. The van der Waals surface area contributed by atoms with Gasteiger partial charge in [0.1, 0.15) is 0 Å². The molecule has 138 valence electrons. The zero-order valence-electron chi connectivity index (χ0n) is 15.7. The van der Waals surface area contributed by atoms with E-state index in [0.29, 0.717) is 0 Å². The summed E-state index contributed by atoms with van der Waals surface area (Å²) in [5.74, 6) is 0. The summed E-state index contributed by atoms with van der Waals surface area (Å²) in [6.07, 6.45) is 0. The van der Waals surface area contributed by atoms with Crippen molar-refractivity contribution in [1.29, 1.82) is 0 Å². The van der Waals surface area contributed by atoms with Crippen LogP contribution in [0.5, 0.6) is 0 Å². The summed E-state index contributed by atoms with van der Waals surface area (Å²) in [7, 11) is 0. The molecule has 0 fully saturated rings. The van der Waals surface area contributed by atoms with E-state index in [4.69, 9.17) is 0 Å². The van der Waals surface area contributed by atoms with Gasteiger partial charge in [0.25, 0.3) is 0 Å². The molecule has 0 saturated carbocycles. The average molecular weight is 486 g/mol.